The summed E-state index contributed by atoms with van der Waals surface area (Å²) in [6, 6.07) is -3.53. The van der Waals surface area contributed by atoms with Gasteiger partial charge in [-0.25, -0.2) is 4.79 Å². The summed E-state index contributed by atoms with van der Waals surface area (Å²) in [7, 11) is 0. The van der Waals surface area contributed by atoms with E-state index in [1.165, 1.54) is 4.90 Å². The molecule has 5 N–H and O–H groups in total. The van der Waals surface area contributed by atoms with Crippen LogP contribution in [0.2, 0.25) is 0 Å². The highest BCUT2D eigenvalue weighted by atomic mass is 16.6. The lowest BCUT2D eigenvalue weighted by Gasteiger charge is -2.31. The quantitative estimate of drug-likeness (QED) is 0.223. The Morgan fingerprint density at radius 3 is 2.19 bits per heavy atom. The second-order valence-electron chi connectivity index (χ2n) is 10.8. The lowest BCUT2D eigenvalue weighted by Crippen LogP contribution is -2.58. The number of carbonyl (C=O) groups is 6. The van der Waals surface area contributed by atoms with Gasteiger partial charge >= 0.3 is 12.0 Å². The Hall–Kier alpha value is -3.18. The smallest absolute Gasteiger partial charge is 0.325 e. The Bertz CT molecular complexity index is 879. The summed E-state index contributed by atoms with van der Waals surface area (Å²) in [5.41, 5.74) is 4.45. The molecule has 1 saturated heterocycles. The van der Waals surface area contributed by atoms with Gasteiger partial charge in [0.05, 0.1) is 6.04 Å². The first-order chi connectivity index (χ1) is 16.7. The fourth-order valence-electron chi connectivity index (χ4n) is 4.08. The molecule has 36 heavy (non-hydrogen) atoms. The molecule has 5 amide bonds. The highest BCUT2D eigenvalue weighted by Crippen LogP contribution is 2.34. The van der Waals surface area contributed by atoms with Crippen LogP contribution < -0.4 is 21.7 Å². The van der Waals surface area contributed by atoms with Crippen molar-refractivity contribution in [2.75, 3.05) is 13.1 Å². The van der Waals surface area contributed by atoms with Crippen molar-refractivity contribution in [1.82, 2.24) is 20.9 Å². The Labute approximate surface area is 211 Å². The van der Waals surface area contributed by atoms with Crippen LogP contribution in [-0.2, 0) is 28.7 Å². The zero-order valence-corrected chi connectivity index (χ0v) is 21.7. The summed E-state index contributed by atoms with van der Waals surface area (Å²) >= 11 is 0. The molecule has 3 unspecified atom stereocenters. The highest BCUT2D eigenvalue weighted by molar-refractivity contribution is 6.37. The number of nitrogens with zero attached hydrogens (tertiary/aromatic N) is 1. The summed E-state index contributed by atoms with van der Waals surface area (Å²) in [6.45, 7) is 8.56. The molecule has 1 aliphatic heterocycles. The molecule has 2 fully saturated rings. The van der Waals surface area contributed by atoms with E-state index in [9.17, 15) is 28.8 Å². The molecule has 1 aliphatic carbocycles. The third-order valence-electron chi connectivity index (χ3n) is 6.01. The van der Waals surface area contributed by atoms with E-state index in [2.05, 4.69) is 16.0 Å². The van der Waals surface area contributed by atoms with E-state index in [1.54, 1.807) is 34.6 Å². The van der Waals surface area contributed by atoms with Crippen molar-refractivity contribution in [3.8, 4) is 0 Å². The number of ether oxygens (including phenoxy) is 1. The zero-order chi connectivity index (χ0) is 27.2. The molecule has 0 radical (unpaired) electrons. The summed E-state index contributed by atoms with van der Waals surface area (Å²) < 4.78 is 5.15. The predicted molar refractivity (Wildman–Crippen MR) is 129 cm³/mol. The lowest BCUT2D eigenvalue weighted by molar-refractivity contribution is -0.153. The van der Waals surface area contributed by atoms with Gasteiger partial charge < -0.3 is 31.3 Å². The number of rotatable bonds is 11. The minimum Gasteiger partial charge on any atom is -0.459 e. The second kappa shape index (κ2) is 12.2. The van der Waals surface area contributed by atoms with Crippen LogP contribution in [0.15, 0.2) is 0 Å². The fraction of sp³-hybridized carbons (Fsp3) is 0.750. The van der Waals surface area contributed by atoms with Crippen molar-refractivity contribution < 1.29 is 33.5 Å². The first-order valence-corrected chi connectivity index (χ1v) is 12.4. The number of primary amides is 1. The van der Waals surface area contributed by atoms with Crippen molar-refractivity contribution in [1.29, 1.82) is 0 Å². The first-order valence-electron chi connectivity index (χ1n) is 12.4. The van der Waals surface area contributed by atoms with Crippen molar-refractivity contribution in [3.63, 3.8) is 0 Å². The van der Waals surface area contributed by atoms with Crippen LogP contribution in [0, 0.1) is 11.8 Å². The lowest BCUT2D eigenvalue weighted by atomic mass is 10.0. The molecule has 12 heteroatoms. The van der Waals surface area contributed by atoms with Crippen LogP contribution in [0.1, 0.15) is 66.7 Å². The molecule has 3 atom stereocenters. The van der Waals surface area contributed by atoms with Gasteiger partial charge in [-0.15, -0.1) is 0 Å². The third-order valence-corrected chi connectivity index (χ3v) is 6.01. The minimum absolute atomic E-state index is 0.258. The maximum absolute atomic E-state index is 13.3. The Morgan fingerprint density at radius 2 is 1.67 bits per heavy atom. The number of urea groups is 1. The summed E-state index contributed by atoms with van der Waals surface area (Å²) in [5, 5.41) is 7.59. The average Bonchev–Trinajstić information content (AvgIpc) is 3.44. The fourth-order valence-corrected chi connectivity index (χ4v) is 4.08. The number of ketones is 1. The van der Waals surface area contributed by atoms with Gasteiger partial charge in [0, 0.05) is 6.54 Å². The van der Waals surface area contributed by atoms with E-state index in [0.717, 1.165) is 12.8 Å². The van der Waals surface area contributed by atoms with Gasteiger partial charge in [-0.3, -0.25) is 24.0 Å². The number of esters is 1. The molecule has 0 bridgehead atoms. The number of hydrogen-bond acceptors (Lipinski definition) is 7. The zero-order valence-electron chi connectivity index (χ0n) is 21.7. The molecular formula is C24H39N5O7. The number of nitrogens with two attached hydrogens (primary N) is 1. The molecule has 12 nitrogen and oxygen atoms in total. The van der Waals surface area contributed by atoms with Crippen LogP contribution in [0.5, 0.6) is 0 Å². The van der Waals surface area contributed by atoms with Gasteiger partial charge in [0.15, 0.2) is 0 Å². The summed E-state index contributed by atoms with van der Waals surface area (Å²) in [4.78, 5) is 75.7. The van der Waals surface area contributed by atoms with E-state index in [-0.39, 0.29) is 18.4 Å². The largest absolute Gasteiger partial charge is 0.459 e. The van der Waals surface area contributed by atoms with Gasteiger partial charge in [-0.1, -0.05) is 26.7 Å². The number of likely N-dealkylation sites (tertiary alicyclic amines) is 1. The predicted octanol–water partition coefficient (Wildman–Crippen LogP) is -0.0178. The van der Waals surface area contributed by atoms with Gasteiger partial charge in [0.25, 0.3) is 5.91 Å². The van der Waals surface area contributed by atoms with Crippen LogP contribution in [-0.4, -0.2) is 77.2 Å². The monoisotopic (exact) mass is 509 g/mol. The molecule has 2 rings (SSSR count). The molecule has 1 heterocycles. The van der Waals surface area contributed by atoms with E-state index >= 15 is 0 Å². The van der Waals surface area contributed by atoms with E-state index in [1.807, 2.05) is 0 Å². The van der Waals surface area contributed by atoms with Crippen LogP contribution >= 0.6 is 0 Å². The molecule has 0 aromatic carbocycles. The molecule has 0 aromatic rings. The topological polar surface area (TPSA) is 177 Å². The van der Waals surface area contributed by atoms with Gasteiger partial charge in [-0.05, 0) is 51.9 Å². The number of nitrogens with one attached hydrogen (secondary N) is 3. The molecular weight excluding hydrogens is 470 g/mol. The highest BCUT2D eigenvalue weighted by Gasteiger charge is 2.41. The normalized spacial score (nSPS) is 19.3. The van der Waals surface area contributed by atoms with Crippen LogP contribution in [0.4, 0.5) is 4.79 Å². The molecule has 202 valence electrons. The minimum atomic E-state index is -1.11. The number of carbonyl (C=O) groups excluding carboxylic acids is 6. The maximum Gasteiger partial charge on any atom is 0.325 e. The van der Waals surface area contributed by atoms with Gasteiger partial charge in [0.1, 0.15) is 24.2 Å². The summed E-state index contributed by atoms with van der Waals surface area (Å²) in [5.74, 6) is -3.61. The van der Waals surface area contributed by atoms with Crippen molar-refractivity contribution in [3.05, 3.63) is 0 Å². The van der Waals surface area contributed by atoms with Crippen LogP contribution in [0.3, 0.4) is 0 Å². The summed E-state index contributed by atoms with van der Waals surface area (Å²) in [6.07, 6.45) is 3.13. The SMILES string of the molecule is CC(C)C(NC(=O)NCC(=O)OC(C)(C)C)C(=O)N1CCCC1C(=O)NC(CC1CC1)C(=O)C(N)=O. The van der Waals surface area contributed by atoms with E-state index < -0.39 is 59.2 Å². The third kappa shape index (κ3) is 8.80. The van der Waals surface area contributed by atoms with Crippen molar-refractivity contribution >= 4 is 35.5 Å². The average molecular weight is 510 g/mol. The van der Waals surface area contributed by atoms with Crippen LogP contribution in [0.25, 0.3) is 0 Å². The molecule has 0 aromatic heterocycles. The maximum atomic E-state index is 13.3. The second-order valence-corrected chi connectivity index (χ2v) is 10.8. The Morgan fingerprint density at radius 1 is 1.03 bits per heavy atom. The van der Waals surface area contributed by atoms with Gasteiger partial charge in [0.2, 0.25) is 17.6 Å². The standard InChI is InChI=1S/C24H39N5O7/c1-13(2)18(28-23(35)26-12-17(30)36-24(3,4)5)22(34)29-10-6-7-16(29)21(33)27-15(11-14-8-9-14)19(31)20(25)32/h13-16,18H,6-12H2,1-5H3,(H2,25,32)(H,27,33)(H2,26,28,35). The molecule has 0 spiro atoms. The van der Waals surface area contributed by atoms with E-state index in [0.29, 0.717) is 25.8 Å². The van der Waals surface area contributed by atoms with Crippen molar-refractivity contribution in [2.24, 2.45) is 17.6 Å². The van der Waals surface area contributed by atoms with E-state index in [4.69, 9.17) is 10.5 Å². The van der Waals surface area contributed by atoms with Crippen molar-refractivity contribution in [2.45, 2.75) is 90.4 Å². The Balaban J connectivity index is 2.01. The Kier molecular flexibility index (Phi) is 9.83. The number of Topliss-reactive ketones (excluding diaryl/α,β-unsaturated/α-hetero) is 1. The number of hydrogen-bond donors (Lipinski definition) is 4. The molecule has 1 saturated carbocycles. The number of amides is 5. The molecule has 2 aliphatic rings. The van der Waals surface area contributed by atoms with Gasteiger partial charge in [-0.2, -0.15) is 0 Å². The first kappa shape index (κ1) is 29.1.